The van der Waals surface area contributed by atoms with Crippen LogP contribution in [0.4, 0.5) is 0 Å². The van der Waals surface area contributed by atoms with E-state index in [0.717, 1.165) is 0 Å². The van der Waals surface area contributed by atoms with Crippen molar-refractivity contribution in [2.24, 2.45) is 63.3 Å². The summed E-state index contributed by atoms with van der Waals surface area (Å²) in [5.41, 5.74) is 55.6. The highest BCUT2D eigenvalue weighted by Gasteiger charge is 2.37. The minimum Gasteiger partial charge on any atom is -0.370 e. The Morgan fingerprint density at radius 2 is 0.500 bits per heavy atom. The van der Waals surface area contributed by atoms with Crippen molar-refractivity contribution in [3.8, 4) is 0 Å². The first-order valence-corrected chi connectivity index (χ1v) is 41.0. The SMILES string of the molecule is CSC[C@H](C)C(=O)N[C@@H](C)C(=O)NCC(=O)N[C@H](CCCNC(=N)N)C(=O)N[C@H](CCCNC(=N)N)C(=O)N[C@H](CCCNC(=N)N)C(=O)N[C@H](CCCNC(=N)N)C(=O)N[C@H](CCCNC(=N)N)C(=O)N[C@H](CCCNC(=N)N)C(=O)N[C@H](CCCNC(=N)N)C(=O)N[C@H](CCCNC(=N)N)C(=O)N[C@H](CS)C(=O)N[C@H](CCCCN)C(N)=O. The first-order valence-electron chi connectivity index (χ1n) is 39.0. The molecule has 0 fully saturated rings. The van der Waals surface area contributed by atoms with Crippen molar-refractivity contribution >= 4 is 149 Å². The van der Waals surface area contributed by atoms with E-state index in [-0.39, 0.29) is 167 Å². The van der Waals surface area contributed by atoms with E-state index in [2.05, 4.69) is 119 Å². The molecule has 680 valence electrons. The highest BCUT2D eigenvalue weighted by molar-refractivity contribution is 7.98. The number of rotatable bonds is 64. The predicted octanol–water partition coefficient (Wildman–Crippen LogP) is -11.9. The van der Waals surface area contributed by atoms with E-state index < -0.39 is 203 Å². The highest BCUT2D eigenvalue weighted by Crippen LogP contribution is 2.13. The molecule has 0 aliphatic carbocycles. The molecule has 0 unspecified atom stereocenters. The Balaban J connectivity index is 7.97. The van der Waals surface area contributed by atoms with Crippen LogP contribution in [-0.4, -0.2) is 274 Å². The topological polar surface area (TPSA) is 914 Å². The Labute approximate surface area is 706 Å². The standard InChI is InChI=1S/C67H132N38O13S2/c1-35(34-120-3)49(108)95-36(2)50(109)94-32-47(106)96-38(15-6-24-86-60(70)71)51(110)98-39(16-7-25-87-61(72)73)52(111)99-40(17-8-26-88-62(74)75)53(112)100-41(18-9-27-89-63(76)77)54(113)101-42(19-10-28-90-64(78)79)55(114)102-43(20-11-29-91-65(80)81)56(115)103-44(21-12-30-92-66(82)83)57(116)104-45(22-13-31-93-67(84)85)58(117)105-46(33-119)59(118)97-37(48(69)107)14-4-5-23-68/h35-46,119H,4-34,68H2,1-3H3,(H2,69,107)(H,94,109)(H,95,108)(H,96,106)(H,97,118)(H,98,110)(H,99,111)(H,100,112)(H,101,113)(H,102,114)(H,103,115)(H,104,116)(H,105,117)(H4,70,71,86)(H4,72,73,87)(H4,74,75,88)(H4,76,77,89)(H4,78,79,90)(H4,80,81,91)(H4,82,83,92)(H4,84,85,93)/t35-,36-,37+,38+,39+,40+,41+,42+,43+,44+,45+,46+/m0/s1. The number of carbonyl (C=O) groups excluding carboxylic acids is 13. The van der Waals surface area contributed by atoms with Gasteiger partial charge in [-0.25, -0.2) is 0 Å². The fraction of sp³-hybridized carbons (Fsp3) is 0.687. The van der Waals surface area contributed by atoms with Gasteiger partial charge in [0.2, 0.25) is 76.8 Å². The number of carbonyl (C=O) groups is 13. The molecule has 0 spiro atoms. The third-order valence-electron chi connectivity index (χ3n) is 17.4. The van der Waals surface area contributed by atoms with Gasteiger partial charge in [-0.3, -0.25) is 106 Å². The quantitative estimate of drug-likeness (QED) is 0.0116. The minimum atomic E-state index is -1.64. The van der Waals surface area contributed by atoms with Crippen LogP contribution < -0.4 is 164 Å². The normalized spacial score (nSPS) is 13.7. The zero-order valence-corrected chi connectivity index (χ0v) is 70.0. The van der Waals surface area contributed by atoms with Gasteiger partial charge in [0, 0.05) is 69.8 Å². The summed E-state index contributed by atoms with van der Waals surface area (Å²) in [6, 6.07) is -16.2. The van der Waals surface area contributed by atoms with E-state index in [9.17, 15) is 52.7 Å². The molecule has 13 amide bonds. The summed E-state index contributed by atoms with van der Waals surface area (Å²) in [5, 5.41) is 113. The Morgan fingerprint density at radius 1 is 0.283 bits per heavy atom. The Kier molecular flexibility index (Phi) is 55.9. The molecule has 0 aromatic heterocycles. The second-order valence-corrected chi connectivity index (χ2v) is 29.0. The van der Waals surface area contributed by atoms with Crippen molar-refractivity contribution in [1.29, 1.82) is 43.3 Å². The summed E-state index contributed by atoms with van der Waals surface area (Å²) in [7, 11) is 0. The molecular formula is C67H132N38O13S2. The maximum atomic E-state index is 15.0. The van der Waals surface area contributed by atoms with E-state index in [1.165, 1.54) is 18.7 Å². The van der Waals surface area contributed by atoms with Crippen LogP contribution in [-0.2, 0) is 62.3 Å². The Morgan fingerprint density at radius 3 is 0.717 bits per heavy atom. The van der Waals surface area contributed by atoms with Crippen molar-refractivity contribution in [2.75, 3.05) is 83.2 Å². The van der Waals surface area contributed by atoms with Gasteiger partial charge in [0.05, 0.1) is 6.54 Å². The smallest absolute Gasteiger partial charge is 0.244 e. The number of guanidine groups is 8. The van der Waals surface area contributed by atoms with Crippen LogP contribution in [0.3, 0.4) is 0 Å². The number of thioether (sulfide) groups is 1. The third kappa shape index (κ3) is 51.2. The van der Waals surface area contributed by atoms with Gasteiger partial charge in [-0.15, -0.1) is 0 Å². The molecule has 0 heterocycles. The highest BCUT2D eigenvalue weighted by atomic mass is 32.2. The van der Waals surface area contributed by atoms with E-state index >= 15 is 9.59 Å². The number of thiol groups is 1. The summed E-state index contributed by atoms with van der Waals surface area (Å²) < 4.78 is 0. The molecular weight excluding hydrogens is 1610 g/mol. The molecule has 0 saturated carbocycles. The lowest BCUT2D eigenvalue weighted by Crippen LogP contribution is -2.61. The van der Waals surface area contributed by atoms with Crippen LogP contribution in [0.5, 0.6) is 0 Å². The molecule has 0 radical (unpaired) electrons. The molecule has 53 heteroatoms. The second-order valence-electron chi connectivity index (χ2n) is 27.7. The number of amides is 13. The van der Waals surface area contributed by atoms with Gasteiger partial charge >= 0.3 is 0 Å². The van der Waals surface area contributed by atoms with Gasteiger partial charge in [0.25, 0.3) is 0 Å². The molecule has 0 aromatic rings. The van der Waals surface area contributed by atoms with Crippen LogP contribution in [0, 0.1) is 49.2 Å². The molecule has 51 nitrogen and oxygen atoms in total. The van der Waals surface area contributed by atoms with Gasteiger partial charge in [-0.1, -0.05) is 6.92 Å². The fourth-order valence-corrected chi connectivity index (χ4v) is 12.0. The molecule has 0 saturated heterocycles. The predicted molar refractivity (Wildman–Crippen MR) is 457 cm³/mol. The number of nitrogens with one attached hydrogen (secondary N) is 28. The Hall–Kier alpha value is -12.1. The van der Waals surface area contributed by atoms with Crippen molar-refractivity contribution in [1.82, 2.24) is 106 Å². The lowest BCUT2D eigenvalue weighted by Gasteiger charge is -2.29. The van der Waals surface area contributed by atoms with E-state index in [4.69, 9.17) is 101 Å². The van der Waals surface area contributed by atoms with Gasteiger partial charge in [-0.05, 0) is 142 Å². The zero-order valence-electron chi connectivity index (χ0n) is 68.3. The van der Waals surface area contributed by atoms with E-state index in [1.807, 2.05) is 6.26 Å². The first kappa shape index (κ1) is 108. The monoisotopic (exact) mass is 1740 g/mol. The maximum Gasteiger partial charge on any atom is 0.244 e. The summed E-state index contributed by atoms with van der Waals surface area (Å²) in [4.78, 5) is 183. The number of nitrogens with two attached hydrogens (primary N) is 10. The second kappa shape index (κ2) is 62.2. The fourth-order valence-electron chi connectivity index (χ4n) is 11.1. The molecule has 0 aromatic carbocycles. The molecule has 0 bridgehead atoms. The van der Waals surface area contributed by atoms with Crippen molar-refractivity contribution in [3.63, 3.8) is 0 Å². The van der Waals surface area contributed by atoms with Gasteiger partial charge < -0.3 is 164 Å². The van der Waals surface area contributed by atoms with E-state index in [1.54, 1.807) is 6.92 Å². The largest absolute Gasteiger partial charge is 0.370 e. The van der Waals surface area contributed by atoms with Crippen molar-refractivity contribution in [3.05, 3.63) is 0 Å². The molecule has 120 heavy (non-hydrogen) atoms. The summed E-state index contributed by atoms with van der Waals surface area (Å²) >= 11 is 5.68. The van der Waals surface area contributed by atoms with Crippen LogP contribution in [0.15, 0.2) is 0 Å². The third-order valence-corrected chi connectivity index (χ3v) is 18.6. The average Bonchev–Trinajstić information content (AvgIpc) is 0.858. The van der Waals surface area contributed by atoms with Crippen molar-refractivity contribution in [2.45, 2.75) is 202 Å². The number of unbranched alkanes of at least 4 members (excludes halogenated alkanes) is 1. The minimum absolute atomic E-state index is 0.00698. The molecule has 12 atom stereocenters. The maximum absolute atomic E-state index is 15.0. The van der Waals surface area contributed by atoms with Gasteiger partial charge in [-0.2, -0.15) is 24.4 Å². The summed E-state index contributed by atoms with van der Waals surface area (Å²) in [6.07, 6.45) is 1.11. The number of hydrogen-bond donors (Lipinski definition) is 39. The van der Waals surface area contributed by atoms with E-state index in [0.29, 0.717) is 25.1 Å². The molecule has 0 aliphatic rings. The molecule has 0 aliphatic heterocycles. The summed E-state index contributed by atoms with van der Waals surface area (Å²) in [6.45, 7) is 2.48. The van der Waals surface area contributed by atoms with Crippen LogP contribution in [0.2, 0.25) is 0 Å². The van der Waals surface area contributed by atoms with Gasteiger partial charge in [0.1, 0.15) is 66.5 Å². The van der Waals surface area contributed by atoms with Gasteiger partial charge in [0.15, 0.2) is 47.7 Å². The van der Waals surface area contributed by atoms with Crippen LogP contribution >= 0.6 is 24.4 Å². The first-order chi connectivity index (χ1) is 56.7. The lowest BCUT2D eigenvalue weighted by molar-refractivity contribution is -0.136. The summed E-state index contributed by atoms with van der Waals surface area (Å²) in [5.74, 6) is -15.6. The number of hydrogen-bond acceptors (Lipinski definition) is 24. The molecule has 0 rings (SSSR count). The number of primary amides is 1. The average molecular weight is 1740 g/mol. The van der Waals surface area contributed by atoms with Crippen LogP contribution in [0.25, 0.3) is 0 Å². The molecule has 48 N–H and O–H groups in total. The zero-order chi connectivity index (χ0) is 90.8. The van der Waals surface area contributed by atoms with Crippen LogP contribution in [0.1, 0.15) is 136 Å². The van der Waals surface area contributed by atoms with Crippen molar-refractivity contribution < 1.29 is 62.3 Å². The lowest BCUT2D eigenvalue weighted by atomic mass is 10.0. The Bertz CT molecular complexity index is 3400.